The number of ether oxygens (including phenoxy) is 1. The summed E-state index contributed by atoms with van der Waals surface area (Å²) in [6.45, 7) is 0. The minimum atomic E-state index is -0.713. The molecule has 1 atom stereocenters. The highest BCUT2D eigenvalue weighted by Gasteiger charge is 2.30. The van der Waals surface area contributed by atoms with Crippen molar-refractivity contribution >= 4 is 27.7 Å². The van der Waals surface area contributed by atoms with Gasteiger partial charge in [-0.1, -0.05) is 42.5 Å². The number of nitrogens with one attached hydrogen (secondary N) is 1. The predicted molar refractivity (Wildman–Crippen MR) is 136 cm³/mol. The smallest absolute Gasteiger partial charge is 0.258 e. The van der Waals surface area contributed by atoms with E-state index in [2.05, 4.69) is 4.98 Å². The summed E-state index contributed by atoms with van der Waals surface area (Å²) in [5, 5.41) is 12.9. The quantitative estimate of drug-likeness (QED) is 0.351. The van der Waals surface area contributed by atoms with Gasteiger partial charge in [0, 0.05) is 29.0 Å². The van der Waals surface area contributed by atoms with Gasteiger partial charge in [-0.05, 0) is 41.5 Å². The summed E-state index contributed by atoms with van der Waals surface area (Å²) < 4.78 is 6.99. The first kappa shape index (κ1) is 22.3. The lowest BCUT2D eigenvalue weighted by Gasteiger charge is -2.22. The lowest BCUT2D eigenvalue weighted by Crippen LogP contribution is -2.26. The summed E-state index contributed by atoms with van der Waals surface area (Å²) in [6, 6.07) is 22.2. The number of hydrogen-bond acceptors (Lipinski definition) is 4. The number of fused-ring (bicyclic) bond motifs is 2. The number of para-hydroxylation sites is 2. The van der Waals surface area contributed by atoms with Crippen LogP contribution in [0.15, 0.2) is 77.6 Å². The maximum absolute atomic E-state index is 13.8. The molecule has 3 aromatic carbocycles. The van der Waals surface area contributed by atoms with Gasteiger partial charge in [0.15, 0.2) is 0 Å². The number of nitrogens with zero attached hydrogens (tertiary/aromatic N) is 1. The first-order chi connectivity index (χ1) is 16.9. The zero-order valence-corrected chi connectivity index (χ0v) is 19.4. The third kappa shape index (κ3) is 3.71. The molecule has 0 saturated carbocycles. The Bertz CT molecular complexity index is 1650. The Hall–Kier alpha value is -4.52. The molecule has 0 saturated heterocycles. The molecule has 0 radical (unpaired) electrons. The summed E-state index contributed by atoms with van der Waals surface area (Å²) in [7, 11) is 3.26. The van der Waals surface area contributed by atoms with Gasteiger partial charge >= 0.3 is 0 Å². The molecule has 35 heavy (non-hydrogen) atoms. The number of nitrogens with two attached hydrogens (primary N) is 1. The molecule has 5 aromatic rings. The Morgan fingerprint density at radius 3 is 2.51 bits per heavy atom. The summed E-state index contributed by atoms with van der Waals surface area (Å²) in [4.78, 5) is 29.3. The second kappa shape index (κ2) is 8.68. The van der Waals surface area contributed by atoms with Crippen molar-refractivity contribution in [3.8, 4) is 11.5 Å². The van der Waals surface area contributed by atoms with E-state index in [0.29, 0.717) is 27.9 Å². The highest BCUT2D eigenvalue weighted by molar-refractivity contribution is 5.91. The Labute approximate surface area is 201 Å². The second-order valence-electron chi connectivity index (χ2n) is 8.56. The van der Waals surface area contributed by atoms with Crippen molar-refractivity contribution in [3.05, 3.63) is 106 Å². The molecule has 2 aromatic heterocycles. The molecular formula is C28H25N3O4. The van der Waals surface area contributed by atoms with E-state index in [1.165, 1.54) is 4.57 Å². The van der Waals surface area contributed by atoms with Crippen LogP contribution in [-0.2, 0) is 18.3 Å². The Balaban J connectivity index is 1.91. The van der Waals surface area contributed by atoms with Crippen molar-refractivity contribution < 1.29 is 14.6 Å². The average molecular weight is 468 g/mol. The van der Waals surface area contributed by atoms with Gasteiger partial charge in [-0.15, -0.1) is 0 Å². The number of pyridine rings is 1. The highest BCUT2D eigenvalue weighted by atomic mass is 16.5. The van der Waals surface area contributed by atoms with E-state index in [1.807, 2.05) is 60.7 Å². The summed E-state index contributed by atoms with van der Waals surface area (Å²) in [5.74, 6) is -0.691. The van der Waals surface area contributed by atoms with Crippen LogP contribution in [0.5, 0.6) is 11.5 Å². The molecule has 5 rings (SSSR count). The molecule has 1 unspecified atom stereocenters. The van der Waals surface area contributed by atoms with Crippen LogP contribution in [-0.4, -0.2) is 27.7 Å². The van der Waals surface area contributed by atoms with Gasteiger partial charge in [0.2, 0.25) is 5.91 Å². The molecule has 0 bridgehead atoms. The predicted octanol–water partition coefficient (Wildman–Crippen LogP) is 3.94. The van der Waals surface area contributed by atoms with Gasteiger partial charge in [0.05, 0.1) is 30.5 Å². The number of aromatic nitrogens is 2. The zero-order chi connectivity index (χ0) is 24.7. The minimum Gasteiger partial charge on any atom is -0.507 e. The van der Waals surface area contributed by atoms with Crippen molar-refractivity contribution in [2.75, 3.05) is 7.11 Å². The van der Waals surface area contributed by atoms with Gasteiger partial charge in [-0.2, -0.15) is 0 Å². The highest BCUT2D eigenvalue weighted by Crippen LogP contribution is 2.41. The van der Waals surface area contributed by atoms with Crippen LogP contribution in [0.25, 0.3) is 21.8 Å². The molecule has 176 valence electrons. The van der Waals surface area contributed by atoms with Crippen molar-refractivity contribution in [2.45, 2.75) is 12.3 Å². The number of rotatable bonds is 6. The van der Waals surface area contributed by atoms with Gasteiger partial charge in [0.25, 0.3) is 5.56 Å². The van der Waals surface area contributed by atoms with E-state index in [4.69, 9.17) is 10.5 Å². The standard InChI is InChI=1S/C28H25N3O4/c1-31-22-13-6-4-11-19(22)27(33)25(28(31)34)24(16-8-7-9-17(14-16)35-2)26-20(15-23(29)32)18-10-3-5-12-21(18)30-26/h3-14,24,30,33H,15H2,1-2H3,(H2,29,32). The van der Waals surface area contributed by atoms with Crippen LogP contribution >= 0.6 is 0 Å². The molecule has 0 aliphatic heterocycles. The molecule has 0 spiro atoms. The van der Waals surface area contributed by atoms with E-state index in [0.717, 1.165) is 16.5 Å². The van der Waals surface area contributed by atoms with Crippen LogP contribution in [0.3, 0.4) is 0 Å². The van der Waals surface area contributed by atoms with Gasteiger partial charge in [0.1, 0.15) is 11.5 Å². The number of benzene rings is 3. The Kier molecular flexibility index (Phi) is 5.53. The number of methoxy groups -OCH3 is 1. The topological polar surface area (TPSA) is 110 Å². The third-order valence-electron chi connectivity index (χ3n) is 6.51. The van der Waals surface area contributed by atoms with Crippen LogP contribution in [0.2, 0.25) is 0 Å². The maximum Gasteiger partial charge on any atom is 0.258 e. The normalized spacial score (nSPS) is 12.2. The number of aromatic amines is 1. The van der Waals surface area contributed by atoms with Crippen molar-refractivity contribution in [3.63, 3.8) is 0 Å². The Morgan fingerprint density at radius 1 is 1.06 bits per heavy atom. The van der Waals surface area contributed by atoms with Crippen LogP contribution in [0, 0.1) is 0 Å². The molecule has 4 N–H and O–H groups in total. The fraction of sp³-hybridized carbons (Fsp3) is 0.143. The average Bonchev–Trinajstić information content (AvgIpc) is 3.22. The first-order valence-electron chi connectivity index (χ1n) is 11.2. The molecule has 0 aliphatic carbocycles. The van der Waals surface area contributed by atoms with Crippen LogP contribution in [0.1, 0.15) is 28.3 Å². The number of carbonyl (C=O) groups is 1. The molecular weight excluding hydrogens is 442 g/mol. The second-order valence-corrected chi connectivity index (χ2v) is 8.56. The van der Waals surface area contributed by atoms with E-state index < -0.39 is 11.8 Å². The largest absolute Gasteiger partial charge is 0.507 e. The number of hydrogen-bond donors (Lipinski definition) is 3. The van der Waals surface area contributed by atoms with Crippen LogP contribution < -0.4 is 16.0 Å². The fourth-order valence-corrected chi connectivity index (χ4v) is 4.89. The van der Waals surface area contributed by atoms with Crippen molar-refractivity contribution in [2.24, 2.45) is 12.8 Å². The molecule has 2 heterocycles. The minimum absolute atomic E-state index is 0.0194. The van der Waals surface area contributed by atoms with E-state index in [9.17, 15) is 14.7 Å². The molecule has 0 fully saturated rings. The Morgan fingerprint density at radius 2 is 1.77 bits per heavy atom. The molecule has 1 amide bonds. The van der Waals surface area contributed by atoms with E-state index in [-0.39, 0.29) is 23.3 Å². The van der Waals surface area contributed by atoms with Crippen molar-refractivity contribution in [1.82, 2.24) is 9.55 Å². The summed E-state index contributed by atoms with van der Waals surface area (Å²) in [6.07, 6.45) is -0.0194. The third-order valence-corrected chi connectivity index (χ3v) is 6.51. The van der Waals surface area contributed by atoms with Gasteiger partial charge < -0.3 is 25.1 Å². The maximum atomic E-state index is 13.8. The first-order valence-corrected chi connectivity index (χ1v) is 11.2. The van der Waals surface area contributed by atoms with E-state index in [1.54, 1.807) is 26.3 Å². The van der Waals surface area contributed by atoms with Gasteiger partial charge in [-0.25, -0.2) is 0 Å². The number of aromatic hydroxyl groups is 1. The van der Waals surface area contributed by atoms with E-state index >= 15 is 0 Å². The lowest BCUT2D eigenvalue weighted by atomic mass is 9.85. The van der Waals surface area contributed by atoms with Crippen LogP contribution in [0.4, 0.5) is 0 Å². The monoisotopic (exact) mass is 467 g/mol. The SMILES string of the molecule is COc1cccc(C(c2[nH]c3ccccc3c2CC(N)=O)c2c(O)c3ccccc3n(C)c2=O)c1. The summed E-state index contributed by atoms with van der Waals surface area (Å²) >= 11 is 0. The number of H-pyrrole nitrogens is 1. The number of aryl methyl sites for hydroxylation is 1. The number of primary amides is 1. The summed E-state index contributed by atoms with van der Waals surface area (Å²) in [5.41, 5.74) is 8.98. The molecule has 7 heteroatoms. The number of amides is 1. The van der Waals surface area contributed by atoms with Gasteiger partial charge in [-0.3, -0.25) is 9.59 Å². The molecule has 7 nitrogen and oxygen atoms in total. The fourth-order valence-electron chi connectivity index (χ4n) is 4.89. The zero-order valence-electron chi connectivity index (χ0n) is 19.4. The number of carbonyl (C=O) groups excluding carboxylic acids is 1. The van der Waals surface area contributed by atoms with Crippen molar-refractivity contribution in [1.29, 1.82) is 0 Å². The lowest BCUT2D eigenvalue weighted by molar-refractivity contribution is -0.117. The molecule has 0 aliphatic rings.